The molecule has 1 aromatic heterocycles. The van der Waals surface area contributed by atoms with E-state index in [9.17, 15) is 0 Å². The first-order valence-electron chi connectivity index (χ1n) is 4.28. The average Bonchev–Trinajstić information content (AvgIpc) is 2.67. The quantitative estimate of drug-likeness (QED) is 0.629. The Morgan fingerprint density at radius 1 is 1.43 bits per heavy atom. The molecule has 0 unspecified atom stereocenters. The van der Waals surface area contributed by atoms with Crippen LogP contribution in [0.3, 0.4) is 0 Å². The van der Waals surface area contributed by atoms with Crippen molar-refractivity contribution >= 4 is 11.4 Å². The number of nitrogens with zero attached hydrogens (tertiary/aromatic N) is 2. The van der Waals surface area contributed by atoms with E-state index < -0.39 is 0 Å². The summed E-state index contributed by atoms with van der Waals surface area (Å²) < 4.78 is 0. The Hall–Kier alpha value is -2.04. The summed E-state index contributed by atoms with van der Waals surface area (Å²) in [6, 6.07) is 7.57. The highest BCUT2D eigenvalue weighted by molar-refractivity contribution is 5.53. The fourth-order valence-corrected chi connectivity index (χ4v) is 1.15. The standard InChI is InChI=1S/C9H11N5/c10-7-2-1-3-8(4-7)11-5-9-12-6-13-14-9/h1-4,6,11H,5,10H2,(H,12,13,14). The van der Waals surface area contributed by atoms with E-state index in [0.717, 1.165) is 17.2 Å². The lowest BCUT2D eigenvalue weighted by Gasteiger charge is -2.04. The maximum Gasteiger partial charge on any atom is 0.143 e. The first-order valence-corrected chi connectivity index (χ1v) is 4.28. The van der Waals surface area contributed by atoms with E-state index in [1.807, 2.05) is 24.3 Å². The Morgan fingerprint density at radius 2 is 2.36 bits per heavy atom. The Bertz CT molecular complexity index is 395. The zero-order valence-electron chi connectivity index (χ0n) is 7.57. The predicted octanol–water partition coefficient (Wildman–Crippen LogP) is 0.999. The first-order chi connectivity index (χ1) is 6.84. The van der Waals surface area contributed by atoms with E-state index in [-0.39, 0.29) is 0 Å². The van der Waals surface area contributed by atoms with Gasteiger partial charge in [-0.3, -0.25) is 5.10 Å². The Labute approximate surface area is 81.4 Å². The molecule has 0 aliphatic carbocycles. The molecule has 1 aromatic carbocycles. The number of aromatic amines is 1. The van der Waals surface area contributed by atoms with Gasteiger partial charge in [0.05, 0.1) is 6.54 Å². The van der Waals surface area contributed by atoms with Crippen LogP contribution in [-0.2, 0) is 6.54 Å². The molecular weight excluding hydrogens is 178 g/mol. The second-order valence-electron chi connectivity index (χ2n) is 2.91. The molecule has 0 atom stereocenters. The number of hydrogen-bond acceptors (Lipinski definition) is 4. The summed E-state index contributed by atoms with van der Waals surface area (Å²) in [4.78, 5) is 3.99. The maximum absolute atomic E-state index is 5.63. The molecule has 1 heterocycles. The van der Waals surface area contributed by atoms with Crippen molar-refractivity contribution in [3.63, 3.8) is 0 Å². The van der Waals surface area contributed by atoms with Gasteiger partial charge in [-0.25, -0.2) is 4.98 Å². The van der Waals surface area contributed by atoms with Crippen molar-refractivity contribution in [2.24, 2.45) is 0 Å². The van der Waals surface area contributed by atoms with Gasteiger partial charge in [0.2, 0.25) is 0 Å². The van der Waals surface area contributed by atoms with Crippen LogP contribution in [-0.4, -0.2) is 15.2 Å². The summed E-state index contributed by atoms with van der Waals surface area (Å²) in [5.74, 6) is 0.799. The molecule has 4 N–H and O–H groups in total. The van der Waals surface area contributed by atoms with E-state index in [0.29, 0.717) is 6.54 Å². The molecule has 5 nitrogen and oxygen atoms in total. The van der Waals surface area contributed by atoms with Crippen molar-refractivity contribution < 1.29 is 0 Å². The Balaban J connectivity index is 1.98. The molecule has 5 heteroatoms. The van der Waals surface area contributed by atoms with Crippen LogP contribution in [0.4, 0.5) is 11.4 Å². The fraction of sp³-hybridized carbons (Fsp3) is 0.111. The molecule has 0 saturated carbocycles. The normalized spacial score (nSPS) is 10.0. The molecule has 72 valence electrons. The van der Waals surface area contributed by atoms with Crippen LogP contribution in [0.15, 0.2) is 30.6 Å². The lowest BCUT2D eigenvalue weighted by atomic mass is 10.3. The van der Waals surface area contributed by atoms with Crippen LogP contribution in [0.5, 0.6) is 0 Å². The number of nitrogens with two attached hydrogens (primary N) is 1. The average molecular weight is 189 g/mol. The van der Waals surface area contributed by atoms with Gasteiger partial charge in [-0.05, 0) is 18.2 Å². The number of nitrogens with one attached hydrogen (secondary N) is 2. The summed E-state index contributed by atoms with van der Waals surface area (Å²) >= 11 is 0. The molecule has 14 heavy (non-hydrogen) atoms. The number of rotatable bonds is 3. The number of H-pyrrole nitrogens is 1. The molecule has 0 bridgehead atoms. The molecule has 0 spiro atoms. The first kappa shape index (κ1) is 8.55. The molecule has 0 saturated heterocycles. The fourth-order valence-electron chi connectivity index (χ4n) is 1.15. The number of benzene rings is 1. The molecule has 0 amide bonds. The molecular formula is C9H11N5. The minimum absolute atomic E-state index is 0.615. The molecule has 0 aliphatic rings. The summed E-state index contributed by atoms with van der Waals surface area (Å²) in [6.07, 6.45) is 1.48. The van der Waals surface area contributed by atoms with Gasteiger partial charge < -0.3 is 11.1 Å². The van der Waals surface area contributed by atoms with Gasteiger partial charge in [0.1, 0.15) is 12.2 Å². The number of nitrogen functional groups attached to an aromatic ring is 1. The minimum Gasteiger partial charge on any atom is -0.399 e. The smallest absolute Gasteiger partial charge is 0.143 e. The van der Waals surface area contributed by atoms with E-state index in [1.165, 1.54) is 6.33 Å². The van der Waals surface area contributed by atoms with Crippen LogP contribution >= 0.6 is 0 Å². The van der Waals surface area contributed by atoms with Crippen molar-refractivity contribution in [3.05, 3.63) is 36.4 Å². The third kappa shape index (κ3) is 2.01. The number of anilines is 2. The molecule has 0 aliphatic heterocycles. The zero-order chi connectivity index (χ0) is 9.80. The van der Waals surface area contributed by atoms with Crippen molar-refractivity contribution in [2.75, 3.05) is 11.1 Å². The van der Waals surface area contributed by atoms with Crippen LogP contribution in [0.25, 0.3) is 0 Å². The highest BCUT2D eigenvalue weighted by Gasteiger charge is 1.95. The highest BCUT2D eigenvalue weighted by atomic mass is 15.2. The highest BCUT2D eigenvalue weighted by Crippen LogP contribution is 2.11. The van der Waals surface area contributed by atoms with Crippen molar-refractivity contribution in [1.82, 2.24) is 15.2 Å². The summed E-state index contributed by atoms with van der Waals surface area (Å²) in [6.45, 7) is 0.615. The Morgan fingerprint density at radius 3 is 3.07 bits per heavy atom. The summed E-state index contributed by atoms with van der Waals surface area (Å²) in [5.41, 5.74) is 7.35. The third-order valence-corrected chi connectivity index (χ3v) is 1.81. The Kier molecular flexibility index (Phi) is 2.31. The van der Waals surface area contributed by atoms with Gasteiger partial charge in [-0.15, -0.1) is 0 Å². The minimum atomic E-state index is 0.615. The van der Waals surface area contributed by atoms with Crippen molar-refractivity contribution in [1.29, 1.82) is 0 Å². The number of hydrogen-bond donors (Lipinski definition) is 3. The van der Waals surface area contributed by atoms with E-state index in [1.54, 1.807) is 0 Å². The summed E-state index contributed by atoms with van der Waals surface area (Å²) in [7, 11) is 0. The van der Waals surface area contributed by atoms with Crippen LogP contribution in [0.1, 0.15) is 5.82 Å². The van der Waals surface area contributed by atoms with Crippen LogP contribution < -0.4 is 11.1 Å². The molecule has 0 radical (unpaired) electrons. The van der Waals surface area contributed by atoms with Crippen LogP contribution in [0.2, 0.25) is 0 Å². The zero-order valence-corrected chi connectivity index (χ0v) is 7.57. The van der Waals surface area contributed by atoms with E-state index >= 15 is 0 Å². The van der Waals surface area contributed by atoms with Crippen molar-refractivity contribution in [3.8, 4) is 0 Å². The van der Waals surface area contributed by atoms with Crippen LogP contribution in [0, 0.1) is 0 Å². The summed E-state index contributed by atoms with van der Waals surface area (Å²) in [5, 5.41) is 9.69. The van der Waals surface area contributed by atoms with Gasteiger partial charge in [-0.2, -0.15) is 5.10 Å². The van der Waals surface area contributed by atoms with Crippen molar-refractivity contribution in [2.45, 2.75) is 6.54 Å². The predicted molar refractivity (Wildman–Crippen MR) is 54.6 cm³/mol. The second-order valence-corrected chi connectivity index (χ2v) is 2.91. The number of aromatic nitrogens is 3. The molecule has 0 fully saturated rings. The van der Waals surface area contributed by atoms with E-state index in [2.05, 4.69) is 20.5 Å². The largest absolute Gasteiger partial charge is 0.399 e. The van der Waals surface area contributed by atoms with Gasteiger partial charge >= 0.3 is 0 Å². The van der Waals surface area contributed by atoms with Gasteiger partial charge in [0, 0.05) is 11.4 Å². The topological polar surface area (TPSA) is 79.6 Å². The second kappa shape index (κ2) is 3.78. The molecule has 2 rings (SSSR count). The monoisotopic (exact) mass is 189 g/mol. The lowest BCUT2D eigenvalue weighted by molar-refractivity contribution is 0.955. The van der Waals surface area contributed by atoms with Gasteiger partial charge in [0.15, 0.2) is 0 Å². The maximum atomic E-state index is 5.63. The van der Waals surface area contributed by atoms with Gasteiger partial charge in [0.25, 0.3) is 0 Å². The third-order valence-electron chi connectivity index (χ3n) is 1.81. The van der Waals surface area contributed by atoms with Gasteiger partial charge in [-0.1, -0.05) is 6.07 Å². The lowest BCUT2D eigenvalue weighted by Crippen LogP contribution is -2.01. The SMILES string of the molecule is Nc1cccc(NCc2ncn[nH]2)c1. The van der Waals surface area contributed by atoms with E-state index in [4.69, 9.17) is 5.73 Å². The molecule has 2 aromatic rings.